The highest BCUT2D eigenvalue weighted by Crippen LogP contribution is 2.28. The second kappa shape index (κ2) is 6.92. The fourth-order valence-electron chi connectivity index (χ4n) is 2.17. The molecule has 0 atom stereocenters. The molecule has 0 aliphatic rings. The average Bonchev–Trinajstić information content (AvgIpc) is 2.48. The molecule has 2 rings (SSSR count). The Morgan fingerprint density at radius 2 is 1.86 bits per heavy atom. The maximum absolute atomic E-state index is 9.31. The van der Waals surface area contributed by atoms with E-state index in [1.165, 1.54) is 5.56 Å². The first-order valence-corrected chi connectivity index (χ1v) is 7.13. The summed E-state index contributed by atoms with van der Waals surface area (Å²) in [5.74, 6) is 1.39. The van der Waals surface area contributed by atoms with Crippen molar-refractivity contribution in [2.24, 2.45) is 0 Å². The van der Waals surface area contributed by atoms with Gasteiger partial charge in [-0.15, -0.1) is 0 Å². The molecule has 0 amide bonds. The van der Waals surface area contributed by atoms with Crippen LogP contribution in [0.25, 0.3) is 0 Å². The highest BCUT2D eigenvalue weighted by atomic mass is 16.5. The van der Waals surface area contributed by atoms with Gasteiger partial charge in [-0.2, -0.15) is 5.26 Å². The predicted octanol–water partition coefficient (Wildman–Crippen LogP) is 4.08. The average molecular weight is 280 g/mol. The Hall–Kier alpha value is -2.31. The first kappa shape index (κ1) is 15.1. The van der Waals surface area contributed by atoms with Crippen LogP contribution in [-0.4, -0.2) is 6.54 Å². The Morgan fingerprint density at radius 3 is 2.52 bits per heavy atom. The minimum Gasteiger partial charge on any atom is -0.456 e. The molecule has 0 saturated carbocycles. The van der Waals surface area contributed by atoms with Crippen molar-refractivity contribution >= 4 is 0 Å². The zero-order valence-corrected chi connectivity index (χ0v) is 12.7. The van der Waals surface area contributed by atoms with Gasteiger partial charge in [0.25, 0.3) is 0 Å². The lowest BCUT2D eigenvalue weighted by molar-refractivity contribution is 0.477. The van der Waals surface area contributed by atoms with Crippen LogP contribution in [0.4, 0.5) is 0 Å². The second-order valence-electron chi connectivity index (χ2n) is 5.09. The van der Waals surface area contributed by atoms with E-state index in [0.717, 1.165) is 30.0 Å². The minimum atomic E-state index is 0.561. The smallest absolute Gasteiger partial charge is 0.145 e. The van der Waals surface area contributed by atoms with E-state index in [4.69, 9.17) is 4.74 Å². The number of aryl methyl sites for hydroxylation is 2. The van der Waals surface area contributed by atoms with Crippen molar-refractivity contribution in [3.63, 3.8) is 0 Å². The molecule has 0 bridgehead atoms. The SMILES string of the molecule is CCNCc1ccc(Oc2ccc(C)cc2C)c(C#N)c1. The van der Waals surface area contributed by atoms with Gasteiger partial charge in [-0.3, -0.25) is 0 Å². The maximum atomic E-state index is 9.31. The van der Waals surface area contributed by atoms with Crippen LogP contribution in [0.1, 0.15) is 29.2 Å². The number of rotatable bonds is 5. The molecule has 2 aromatic carbocycles. The normalized spacial score (nSPS) is 10.2. The molecule has 0 radical (unpaired) electrons. The topological polar surface area (TPSA) is 45.0 Å². The molecule has 0 fully saturated rings. The van der Waals surface area contributed by atoms with Crippen molar-refractivity contribution < 1.29 is 4.74 Å². The summed E-state index contributed by atoms with van der Waals surface area (Å²) < 4.78 is 5.90. The Morgan fingerprint density at radius 1 is 1.10 bits per heavy atom. The van der Waals surface area contributed by atoms with Crippen molar-refractivity contribution in [3.05, 3.63) is 58.7 Å². The molecular weight excluding hydrogens is 260 g/mol. The number of ether oxygens (including phenoxy) is 1. The van der Waals surface area contributed by atoms with Crippen molar-refractivity contribution in [1.82, 2.24) is 5.32 Å². The second-order valence-corrected chi connectivity index (χ2v) is 5.09. The van der Waals surface area contributed by atoms with E-state index in [2.05, 4.69) is 24.4 Å². The van der Waals surface area contributed by atoms with Crippen molar-refractivity contribution in [1.29, 1.82) is 5.26 Å². The number of nitriles is 1. The van der Waals surface area contributed by atoms with E-state index in [1.807, 2.05) is 44.2 Å². The molecule has 2 aromatic rings. The van der Waals surface area contributed by atoms with Gasteiger partial charge in [0.05, 0.1) is 5.56 Å². The van der Waals surface area contributed by atoms with Crippen molar-refractivity contribution in [2.45, 2.75) is 27.3 Å². The number of nitrogens with zero attached hydrogens (tertiary/aromatic N) is 1. The van der Waals surface area contributed by atoms with Crippen LogP contribution in [0.3, 0.4) is 0 Å². The molecule has 3 nitrogen and oxygen atoms in total. The lowest BCUT2D eigenvalue weighted by Gasteiger charge is -2.12. The first-order valence-electron chi connectivity index (χ1n) is 7.13. The molecule has 0 heterocycles. The van der Waals surface area contributed by atoms with Crippen molar-refractivity contribution in [3.8, 4) is 17.6 Å². The Balaban J connectivity index is 2.25. The van der Waals surface area contributed by atoms with Gasteiger partial charge in [0, 0.05) is 6.54 Å². The predicted molar refractivity (Wildman–Crippen MR) is 84.5 cm³/mol. The van der Waals surface area contributed by atoms with Gasteiger partial charge < -0.3 is 10.1 Å². The van der Waals surface area contributed by atoms with Crippen LogP contribution < -0.4 is 10.1 Å². The van der Waals surface area contributed by atoms with Crippen molar-refractivity contribution in [2.75, 3.05) is 6.54 Å². The lowest BCUT2D eigenvalue weighted by Crippen LogP contribution is -2.11. The van der Waals surface area contributed by atoms with Crippen LogP contribution in [0.2, 0.25) is 0 Å². The molecule has 108 valence electrons. The van der Waals surface area contributed by atoms with E-state index >= 15 is 0 Å². The van der Waals surface area contributed by atoms with Gasteiger partial charge in [0.15, 0.2) is 0 Å². The van der Waals surface area contributed by atoms with E-state index in [1.54, 1.807) is 0 Å². The fraction of sp³-hybridized carbons (Fsp3) is 0.278. The molecule has 21 heavy (non-hydrogen) atoms. The summed E-state index contributed by atoms with van der Waals surface area (Å²) in [4.78, 5) is 0. The standard InChI is InChI=1S/C18H20N2O/c1-4-20-12-15-6-8-18(16(10-15)11-19)21-17-7-5-13(2)9-14(17)3/h5-10,20H,4,12H2,1-3H3. The quantitative estimate of drug-likeness (QED) is 0.897. The third-order valence-corrected chi connectivity index (χ3v) is 3.29. The summed E-state index contributed by atoms with van der Waals surface area (Å²) in [5.41, 5.74) is 3.91. The summed E-state index contributed by atoms with van der Waals surface area (Å²) in [6, 6.07) is 14.0. The molecule has 0 unspecified atom stereocenters. The zero-order valence-electron chi connectivity index (χ0n) is 12.7. The van der Waals surface area contributed by atoms with E-state index in [9.17, 15) is 5.26 Å². The molecule has 1 N–H and O–H groups in total. The largest absolute Gasteiger partial charge is 0.456 e. The van der Waals surface area contributed by atoms with E-state index in [0.29, 0.717) is 11.3 Å². The molecular formula is C18H20N2O. The number of hydrogen-bond acceptors (Lipinski definition) is 3. The summed E-state index contributed by atoms with van der Waals surface area (Å²) >= 11 is 0. The summed E-state index contributed by atoms with van der Waals surface area (Å²) in [5, 5.41) is 12.6. The third kappa shape index (κ3) is 3.84. The number of nitrogens with one attached hydrogen (secondary N) is 1. The Kier molecular flexibility index (Phi) is 4.97. The molecule has 0 aromatic heterocycles. The fourth-order valence-corrected chi connectivity index (χ4v) is 2.17. The van der Waals surface area contributed by atoms with Gasteiger partial charge in [-0.25, -0.2) is 0 Å². The van der Waals surface area contributed by atoms with E-state index in [-0.39, 0.29) is 0 Å². The van der Waals surface area contributed by atoms with Crippen LogP contribution in [0.15, 0.2) is 36.4 Å². The lowest BCUT2D eigenvalue weighted by atomic mass is 10.1. The summed E-state index contributed by atoms with van der Waals surface area (Å²) in [6.07, 6.45) is 0. The number of hydrogen-bond donors (Lipinski definition) is 1. The molecule has 3 heteroatoms. The third-order valence-electron chi connectivity index (χ3n) is 3.29. The van der Waals surface area contributed by atoms with Gasteiger partial charge in [-0.1, -0.05) is 30.7 Å². The van der Waals surface area contributed by atoms with Crippen LogP contribution in [0.5, 0.6) is 11.5 Å². The van der Waals surface area contributed by atoms with Gasteiger partial charge in [0.2, 0.25) is 0 Å². The molecule has 0 spiro atoms. The summed E-state index contributed by atoms with van der Waals surface area (Å²) in [6.45, 7) is 7.78. The van der Waals surface area contributed by atoms with Crippen LogP contribution in [-0.2, 0) is 6.54 Å². The molecule has 0 aliphatic carbocycles. The Bertz CT molecular complexity index is 671. The Labute approximate surface area is 126 Å². The van der Waals surface area contributed by atoms with Gasteiger partial charge in [-0.05, 0) is 49.7 Å². The summed E-state index contributed by atoms with van der Waals surface area (Å²) in [7, 11) is 0. The van der Waals surface area contributed by atoms with E-state index < -0.39 is 0 Å². The molecule has 0 aliphatic heterocycles. The highest BCUT2D eigenvalue weighted by molar-refractivity contribution is 5.48. The first-order chi connectivity index (χ1) is 10.1. The monoisotopic (exact) mass is 280 g/mol. The van der Waals surface area contributed by atoms with Crippen LogP contribution >= 0.6 is 0 Å². The zero-order chi connectivity index (χ0) is 15.2. The minimum absolute atomic E-state index is 0.561. The van der Waals surface area contributed by atoms with Gasteiger partial charge >= 0.3 is 0 Å². The highest BCUT2D eigenvalue weighted by Gasteiger charge is 2.08. The number of benzene rings is 2. The molecule has 0 saturated heterocycles. The maximum Gasteiger partial charge on any atom is 0.145 e. The van der Waals surface area contributed by atoms with Gasteiger partial charge in [0.1, 0.15) is 17.6 Å². The van der Waals surface area contributed by atoms with Crippen LogP contribution in [0, 0.1) is 25.2 Å².